The lowest BCUT2D eigenvalue weighted by molar-refractivity contribution is -0.140. The van der Waals surface area contributed by atoms with Crippen molar-refractivity contribution >= 4 is 41.0 Å². The van der Waals surface area contributed by atoms with Crippen molar-refractivity contribution in [2.75, 3.05) is 13.1 Å². The fourth-order valence-corrected chi connectivity index (χ4v) is 4.14. The molecule has 3 rings (SSSR count). The van der Waals surface area contributed by atoms with Crippen LogP contribution in [0.2, 0.25) is 10.0 Å². The minimum atomic E-state index is -0.925. The Morgan fingerprint density at radius 2 is 1.81 bits per heavy atom. The first-order valence-corrected chi connectivity index (χ1v) is 9.50. The van der Waals surface area contributed by atoms with E-state index in [2.05, 4.69) is 10.6 Å². The summed E-state index contributed by atoms with van der Waals surface area (Å²) < 4.78 is 5.69. The highest BCUT2D eigenvalue weighted by atomic mass is 35.5. The number of amides is 4. The van der Waals surface area contributed by atoms with Crippen molar-refractivity contribution < 1.29 is 19.1 Å². The van der Waals surface area contributed by atoms with Crippen LogP contribution in [-0.2, 0) is 9.59 Å². The van der Waals surface area contributed by atoms with Crippen molar-refractivity contribution in [3.05, 3.63) is 28.2 Å². The van der Waals surface area contributed by atoms with Crippen molar-refractivity contribution in [2.45, 2.75) is 38.3 Å². The standard InChI is InChI=1S/C18H21Cl2N3O4/c1-10(27-14-8-12(19)7-13(20)9-14)15(24)23-5-3-11(4-6-23)18(2)16(25)21-17(26)22-18/h7-11H,3-6H2,1-2H3,(H2,21,22,25,26). The molecule has 0 saturated carbocycles. The average Bonchev–Trinajstić information content (AvgIpc) is 2.86. The number of halogens is 2. The number of benzene rings is 1. The Bertz CT molecular complexity index is 760. The molecule has 2 aliphatic rings. The second-order valence-electron chi connectivity index (χ2n) is 7.08. The number of nitrogens with one attached hydrogen (secondary N) is 2. The third kappa shape index (κ3) is 4.14. The molecule has 0 aliphatic carbocycles. The predicted molar refractivity (Wildman–Crippen MR) is 101 cm³/mol. The molecule has 2 saturated heterocycles. The summed E-state index contributed by atoms with van der Waals surface area (Å²) in [5.41, 5.74) is -0.925. The first-order valence-electron chi connectivity index (χ1n) is 8.74. The highest BCUT2D eigenvalue weighted by Gasteiger charge is 2.48. The molecule has 4 amide bonds. The molecule has 2 atom stereocenters. The monoisotopic (exact) mass is 413 g/mol. The number of nitrogens with zero attached hydrogens (tertiary/aromatic N) is 1. The number of piperidine rings is 1. The molecule has 7 nitrogen and oxygen atoms in total. The number of carbonyl (C=O) groups excluding carboxylic acids is 3. The third-order valence-electron chi connectivity index (χ3n) is 5.19. The molecule has 2 fully saturated rings. The summed E-state index contributed by atoms with van der Waals surface area (Å²) in [7, 11) is 0. The van der Waals surface area contributed by atoms with Gasteiger partial charge in [-0.1, -0.05) is 23.2 Å². The molecule has 0 aromatic heterocycles. The van der Waals surface area contributed by atoms with Gasteiger partial charge in [0.25, 0.3) is 11.8 Å². The smallest absolute Gasteiger partial charge is 0.322 e. The average molecular weight is 414 g/mol. The van der Waals surface area contributed by atoms with Crippen molar-refractivity contribution in [1.82, 2.24) is 15.5 Å². The van der Waals surface area contributed by atoms with E-state index >= 15 is 0 Å². The first kappa shape index (κ1) is 19.8. The highest BCUT2D eigenvalue weighted by molar-refractivity contribution is 6.34. The number of rotatable bonds is 4. The minimum Gasteiger partial charge on any atom is -0.481 e. The number of ether oxygens (including phenoxy) is 1. The van der Waals surface area contributed by atoms with Gasteiger partial charge in [-0.3, -0.25) is 14.9 Å². The summed E-state index contributed by atoms with van der Waals surface area (Å²) in [6, 6.07) is 4.33. The van der Waals surface area contributed by atoms with Gasteiger partial charge in [0.05, 0.1) is 0 Å². The lowest BCUT2D eigenvalue weighted by Crippen LogP contribution is -2.55. The van der Waals surface area contributed by atoms with Crippen LogP contribution in [0.1, 0.15) is 26.7 Å². The maximum atomic E-state index is 12.7. The molecule has 0 spiro atoms. The van der Waals surface area contributed by atoms with Crippen LogP contribution in [0.4, 0.5) is 4.79 Å². The van der Waals surface area contributed by atoms with E-state index in [1.165, 1.54) is 0 Å². The van der Waals surface area contributed by atoms with Gasteiger partial charge in [-0.2, -0.15) is 0 Å². The van der Waals surface area contributed by atoms with Crippen LogP contribution < -0.4 is 15.4 Å². The number of hydrogen-bond acceptors (Lipinski definition) is 4. The van der Waals surface area contributed by atoms with E-state index in [9.17, 15) is 14.4 Å². The van der Waals surface area contributed by atoms with Gasteiger partial charge in [0.1, 0.15) is 11.3 Å². The van der Waals surface area contributed by atoms with Crippen molar-refractivity contribution in [3.8, 4) is 5.75 Å². The van der Waals surface area contributed by atoms with Crippen LogP contribution in [-0.4, -0.2) is 47.5 Å². The summed E-state index contributed by atoms with van der Waals surface area (Å²) in [4.78, 5) is 37.9. The van der Waals surface area contributed by atoms with Gasteiger partial charge in [0.2, 0.25) is 0 Å². The van der Waals surface area contributed by atoms with Crippen LogP contribution >= 0.6 is 23.2 Å². The Labute approximate surface area is 167 Å². The fraction of sp³-hybridized carbons (Fsp3) is 0.500. The minimum absolute atomic E-state index is 0.0315. The van der Waals surface area contributed by atoms with E-state index in [4.69, 9.17) is 27.9 Å². The van der Waals surface area contributed by atoms with Crippen LogP contribution in [0.15, 0.2) is 18.2 Å². The largest absolute Gasteiger partial charge is 0.481 e. The number of likely N-dealkylation sites (tertiary alicyclic amines) is 1. The van der Waals surface area contributed by atoms with Gasteiger partial charge in [0, 0.05) is 23.1 Å². The normalized spacial score (nSPS) is 24.4. The van der Waals surface area contributed by atoms with Crippen LogP contribution in [0, 0.1) is 5.92 Å². The molecular formula is C18H21Cl2N3O4. The van der Waals surface area contributed by atoms with Gasteiger partial charge >= 0.3 is 6.03 Å². The molecule has 1 aromatic carbocycles. The summed E-state index contributed by atoms with van der Waals surface area (Å²) in [6.07, 6.45) is 0.540. The third-order valence-corrected chi connectivity index (χ3v) is 5.63. The SMILES string of the molecule is CC(Oc1cc(Cl)cc(Cl)c1)C(=O)N1CCC(C2(C)NC(=O)NC2=O)CC1. The van der Waals surface area contributed by atoms with E-state index in [-0.39, 0.29) is 17.7 Å². The van der Waals surface area contributed by atoms with E-state index in [1.54, 1.807) is 36.9 Å². The summed E-state index contributed by atoms with van der Waals surface area (Å²) in [5, 5.41) is 5.86. The topological polar surface area (TPSA) is 87.7 Å². The Morgan fingerprint density at radius 3 is 2.33 bits per heavy atom. The molecule has 2 heterocycles. The molecule has 2 aliphatic heterocycles. The molecular weight excluding hydrogens is 393 g/mol. The second kappa shape index (κ2) is 7.56. The number of hydrogen-bond donors (Lipinski definition) is 2. The molecule has 0 radical (unpaired) electrons. The zero-order valence-corrected chi connectivity index (χ0v) is 16.6. The number of imide groups is 1. The summed E-state index contributed by atoms with van der Waals surface area (Å²) in [5.74, 6) is -0.0570. The molecule has 146 valence electrons. The molecule has 0 bridgehead atoms. The zero-order chi connectivity index (χ0) is 19.8. The van der Waals surface area contributed by atoms with E-state index < -0.39 is 17.7 Å². The van der Waals surface area contributed by atoms with E-state index in [0.29, 0.717) is 41.7 Å². The van der Waals surface area contributed by atoms with Crippen LogP contribution in [0.25, 0.3) is 0 Å². The Balaban J connectivity index is 1.58. The zero-order valence-electron chi connectivity index (χ0n) is 15.1. The van der Waals surface area contributed by atoms with Gasteiger partial charge in [-0.15, -0.1) is 0 Å². The van der Waals surface area contributed by atoms with Gasteiger partial charge in [0.15, 0.2) is 6.10 Å². The fourth-order valence-electron chi connectivity index (χ4n) is 3.63. The first-order chi connectivity index (χ1) is 12.7. The highest BCUT2D eigenvalue weighted by Crippen LogP contribution is 2.31. The lowest BCUT2D eigenvalue weighted by atomic mass is 9.79. The van der Waals surface area contributed by atoms with Crippen LogP contribution in [0.5, 0.6) is 5.75 Å². The number of urea groups is 1. The molecule has 2 N–H and O–H groups in total. The van der Waals surface area contributed by atoms with E-state index in [1.807, 2.05) is 0 Å². The Kier molecular flexibility index (Phi) is 5.53. The number of carbonyl (C=O) groups is 3. The molecule has 27 heavy (non-hydrogen) atoms. The molecule has 1 aromatic rings. The van der Waals surface area contributed by atoms with Gasteiger partial charge in [-0.05, 0) is 50.8 Å². The van der Waals surface area contributed by atoms with Gasteiger partial charge in [-0.25, -0.2) is 4.79 Å². The summed E-state index contributed by atoms with van der Waals surface area (Å²) >= 11 is 11.9. The van der Waals surface area contributed by atoms with Gasteiger partial charge < -0.3 is 15.0 Å². The van der Waals surface area contributed by atoms with Crippen molar-refractivity contribution in [2.24, 2.45) is 5.92 Å². The summed E-state index contributed by atoms with van der Waals surface area (Å²) in [6.45, 7) is 4.39. The maximum Gasteiger partial charge on any atom is 0.322 e. The predicted octanol–water partition coefficient (Wildman–Crippen LogP) is 2.60. The second-order valence-corrected chi connectivity index (χ2v) is 7.95. The van der Waals surface area contributed by atoms with E-state index in [0.717, 1.165) is 0 Å². The lowest BCUT2D eigenvalue weighted by Gasteiger charge is -2.39. The maximum absolute atomic E-state index is 12.7. The quantitative estimate of drug-likeness (QED) is 0.742. The van der Waals surface area contributed by atoms with Crippen LogP contribution in [0.3, 0.4) is 0 Å². The van der Waals surface area contributed by atoms with Crippen molar-refractivity contribution in [1.29, 1.82) is 0 Å². The molecule has 9 heteroatoms. The molecule has 2 unspecified atom stereocenters. The Morgan fingerprint density at radius 1 is 1.22 bits per heavy atom. The van der Waals surface area contributed by atoms with Crippen molar-refractivity contribution in [3.63, 3.8) is 0 Å². The Hall–Kier alpha value is -1.99.